The maximum Gasteiger partial charge on any atom is 0.191 e. The highest BCUT2D eigenvalue weighted by molar-refractivity contribution is 5.79. The number of hydrogen-bond acceptors (Lipinski definition) is 3. The largest absolute Gasteiger partial charge is 0.492 e. The van der Waals surface area contributed by atoms with Crippen LogP contribution in [-0.2, 0) is 13.0 Å². The van der Waals surface area contributed by atoms with E-state index in [1.54, 1.807) is 19.2 Å². The molecule has 0 saturated carbocycles. The number of likely N-dealkylation sites (N-methyl/N-ethyl adjacent to an activating group) is 1. The van der Waals surface area contributed by atoms with Crippen molar-refractivity contribution in [2.24, 2.45) is 4.99 Å². The molecular weight excluding hydrogens is 343 g/mol. The van der Waals surface area contributed by atoms with Crippen LogP contribution >= 0.6 is 0 Å². The van der Waals surface area contributed by atoms with Crippen molar-refractivity contribution in [3.63, 3.8) is 0 Å². The first-order valence-corrected chi connectivity index (χ1v) is 9.13. The van der Waals surface area contributed by atoms with E-state index in [2.05, 4.69) is 20.5 Å². The van der Waals surface area contributed by atoms with E-state index in [1.807, 2.05) is 44.4 Å². The number of benzene rings is 2. The first-order chi connectivity index (χ1) is 13.1. The van der Waals surface area contributed by atoms with E-state index >= 15 is 0 Å². The molecule has 6 heteroatoms. The minimum absolute atomic E-state index is 0.208. The molecule has 0 radical (unpaired) electrons. The van der Waals surface area contributed by atoms with Gasteiger partial charge in [-0.1, -0.05) is 30.3 Å². The SMILES string of the molecule is CN=C(NCCc1cccc(F)c1)NCc1ccccc1OCCN(C)C. The van der Waals surface area contributed by atoms with E-state index in [0.717, 1.165) is 29.8 Å². The summed E-state index contributed by atoms with van der Waals surface area (Å²) in [5, 5.41) is 6.55. The maximum atomic E-state index is 13.2. The number of rotatable bonds is 9. The molecule has 0 spiro atoms. The van der Waals surface area contributed by atoms with Crippen molar-refractivity contribution in [1.29, 1.82) is 0 Å². The van der Waals surface area contributed by atoms with E-state index < -0.39 is 0 Å². The molecule has 0 amide bonds. The van der Waals surface area contributed by atoms with Crippen molar-refractivity contribution >= 4 is 5.96 Å². The minimum Gasteiger partial charge on any atom is -0.492 e. The van der Waals surface area contributed by atoms with Crippen molar-refractivity contribution in [2.75, 3.05) is 40.8 Å². The summed E-state index contributed by atoms with van der Waals surface area (Å²) in [6.45, 7) is 2.79. The van der Waals surface area contributed by atoms with Crippen LogP contribution in [0.2, 0.25) is 0 Å². The van der Waals surface area contributed by atoms with Gasteiger partial charge in [-0.05, 0) is 44.3 Å². The highest BCUT2D eigenvalue weighted by Crippen LogP contribution is 2.17. The van der Waals surface area contributed by atoms with Crippen LogP contribution in [0.5, 0.6) is 5.75 Å². The highest BCUT2D eigenvalue weighted by atomic mass is 19.1. The number of nitrogens with one attached hydrogen (secondary N) is 2. The lowest BCUT2D eigenvalue weighted by Gasteiger charge is -2.16. The van der Waals surface area contributed by atoms with Gasteiger partial charge in [-0.2, -0.15) is 0 Å². The normalized spacial score (nSPS) is 11.5. The second kappa shape index (κ2) is 11.2. The van der Waals surface area contributed by atoms with Gasteiger partial charge in [-0.3, -0.25) is 4.99 Å². The molecular formula is C21H29FN4O. The number of para-hydroxylation sites is 1. The molecule has 0 atom stereocenters. The molecule has 0 aliphatic carbocycles. The van der Waals surface area contributed by atoms with Gasteiger partial charge in [0.25, 0.3) is 0 Å². The van der Waals surface area contributed by atoms with Gasteiger partial charge in [-0.25, -0.2) is 4.39 Å². The van der Waals surface area contributed by atoms with Gasteiger partial charge < -0.3 is 20.3 Å². The molecule has 0 aromatic heterocycles. The van der Waals surface area contributed by atoms with Crippen LogP contribution in [0.15, 0.2) is 53.5 Å². The summed E-state index contributed by atoms with van der Waals surface area (Å²) in [4.78, 5) is 6.33. The van der Waals surface area contributed by atoms with Crippen LogP contribution in [0.3, 0.4) is 0 Å². The highest BCUT2D eigenvalue weighted by Gasteiger charge is 2.05. The van der Waals surface area contributed by atoms with Crippen LogP contribution in [0.4, 0.5) is 4.39 Å². The van der Waals surface area contributed by atoms with E-state index in [-0.39, 0.29) is 5.82 Å². The lowest BCUT2D eigenvalue weighted by Crippen LogP contribution is -2.38. The average molecular weight is 372 g/mol. The zero-order chi connectivity index (χ0) is 19.5. The zero-order valence-corrected chi connectivity index (χ0v) is 16.3. The van der Waals surface area contributed by atoms with Gasteiger partial charge in [-0.15, -0.1) is 0 Å². The van der Waals surface area contributed by atoms with E-state index in [9.17, 15) is 4.39 Å². The molecule has 0 heterocycles. The molecule has 0 bridgehead atoms. The fourth-order valence-electron chi connectivity index (χ4n) is 2.55. The molecule has 0 aliphatic heterocycles. The summed E-state index contributed by atoms with van der Waals surface area (Å²) < 4.78 is 19.1. The van der Waals surface area contributed by atoms with Gasteiger partial charge in [0.1, 0.15) is 18.2 Å². The Labute approximate surface area is 161 Å². The van der Waals surface area contributed by atoms with Crippen LogP contribution in [-0.4, -0.2) is 51.7 Å². The molecule has 2 aromatic carbocycles. The fourth-order valence-corrected chi connectivity index (χ4v) is 2.55. The summed E-state index contributed by atoms with van der Waals surface area (Å²) in [6, 6.07) is 14.6. The van der Waals surface area contributed by atoms with Crippen LogP contribution in [0, 0.1) is 5.82 Å². The van der Waals surface area contributed by atoms with Crippen molar-refractivity contribution < 1.29 is 9.13 Å². The van der Waals surface area contributed by atoms with E-state index in [4.69, 9.17) is 4.74 Å². The Kier molecular flexibility index (Phi) is 8.58. The Balaban J connectivity index is 1.81. The van der Waals surface area contributed by atoms with Crippen LogP contribution < -0.4 is 15.4 Å². The zero-order valence-electron chi connectivity index (χ0n) is 16.3. The Hall–Kier alpha value is -2.60. The van der Waals surface area contributed by atoms with Crippen molar-refractivity contribution in [3.8, 4) is 5.75 Å². The van der Waals surface area contributed by atoms with Gasteiger partial charge in [0.2, 0.25) is 0 Å². The second-order valence-electron chi connectivity index (χ2n) is 6.49. The molecule has 2 aromatic rings. The van der Waals surface area contributed by atoms with Crippen LogP contribution in [0.25, 0.3) is 0 Å². The standard InChI is InChI=1S/C21H29FN4O/c1-23-21(24-12-11-17-7-6-9-19(22)15-17)25-16-18-8-4-5-10-20(18)27-14-13-26(2)3/h4-10,15H,11-14,16H2,1-3H3,(H2,23,24,25). The fraction of sp³-hybridized carbons (Fsp3) is 0.381. The summed E-state index contributed by atoms with van der Waals surface area (Å²) >= 11 is 0. The third-order valence-corrected chi connectivity index (χ3v) is 4.03. The van der Waals surface area contributed by atoms with Gasteiger partial charge in [0.15, 0.2) is 5.96 Å². The molecule has 27 heavy (non-hydrogen) atoms. The first-order valence-electron chi connectivity index (χ1n) is 9.13. The molecule has 2 rings (SSSR count). The lowest BCUT2D eigenvalue weighted by atomic mass is 10.1. The summed E-state index contributed by atoms with van der Waals surface area (Å²) in [7, 11) is 5.78. The van der Waals surface area contributed by atoms with E-state index in [0.29, 0.717) is 25.7 Å². The quantitative estimate of drug-likeness (QED) is 0.525. The van der Waals surface area contributed by atoms with Crippen molar-refractivity contribution in [1.82, 2.24) is 15.5 Å². The molecule has 0 fully saturated rings. The maximum absolute atomic E-state index is 13.2. The number of nitrogens with zero attached hydrogens (tertiary/aromatic N) is 2. The van der Waals surface area contributed by atoms with Gasteiger partial charge in [0, 0.05) is 32.2 Å². The molecule has 0 saturated heterocycles. The molecule has 146 valence electrons. The van der Waals surface area contributed by atoms with E-state index in [1.165, 1.54) is 6.07 Å². The lowest BCUT2D eigenvalue weighted by molar-refractivity contribution is 0.259. The Morgan fingerprint density at radius 2 is 1.93 bits per heavy atom. The number of halogens is 1. The van der Waals surface area contributed by atoms with Crippen LogP contribution in [0.1, 0.15) is 11.1 Å². The predicted molar refractivity (Wildman–Crippen MR) is 109 cm³/mol. The summed E-state index contributed by atoms with van der Waals surface area (Å²) in [5.41, 5.74) is 2.03. The van der Waals surface area contributed by atoms with Crippen molar-refractivity contribution in [2.45, 2.75) is 13.0 Å². The minimum atomic E-state index is -0.208. The molecule has 0 unspecified atom stereocenters. The smallest absolute Gasteiger partial charge is 0.191 e. The Morgan fingerprint density at radius 3 is 2.67 bits per heavy atom. The molecule has 0 aliphatic rings. The Morgan fingerprint density at radius 1 is 1.11 bits per heavy atom. The topological polar surface area (TPSA) is 48.9 Å². The number of aliphatic imine (C=N–C) groups is 1. The summed E-state index contributed by atoms with van der Waals surface area (Å²) in [5.74, 6) is 1.37. The average Bonchev–Trinajstić information content (AvgIpc) is 2.65. The Bertz CT molecular complexity index is 734. The summed E-state index contributed by atoms with van der Waals surface area (Å²) in [6.07, 6.45) is 0.725. The monoisotopic (exact) mass is 372 g/mol. The van der Waals surface area contributed by atoms with Gasteiger partial charge >= 0.3 is 0 Å². The first kappa shape index (κ1) is 20.7. The second-order valence-corrected chi connectivity index (χ2v) is 6.49. The predicted octanol–water partition coefficient (Wildman–Crippen LogP) is 2.67. The molecule has 2 N–H and O–H groups in total. The van der Waals surface area contributed by atoms with Crippen molar-refractivity contribution in [3.05, 3.63) is 65.5 Å². The number of guanidine groups is 1. The third-order valence-electron chi connectivity index (χ3n) is 4.03. The third kappa shape index (κ3) is 7.66. The van der Waals surface area contributed by atoms with Gasteiger partial charge in [0.05, 0.1) is 0 Å². The molecule has 5 nitrogen and oxygen atoms in total. The number of hydrogen-bond donors (Lipinski definition) is 2. The number of ether oxygens (including phenoxy) is 1.